The number of nitrogens with zero attached hydrogens (tertiary/aromatic N) is 2. The number of piperazine rings is 1. The summed E-state index contributed by atoms with van der Waals surface area (Å²) >= 11 is 6.53. The van der Waals surface area contributed by atoms with E-state index >= 15 is 0 Å². The number of benzene rings is 3. The largest absolute Gasteiger partial charge is 0.493 e. The van der Waals surface area contributed by atoms with Crippen molar-refractivity contribution in [3.05, 3.63) is 82.9 Å². The molecule has 3 aromatic rings. The first kappa shape index (κ1) is 24.3. The number of nitrogens with one attached hydrogen (secondary N) is 1. The first-order valence-corrected chi connectivity index (χ1v) is 12.8. The van der Waals surface area contributed by atoms with Crippen molar-refractivity contribution in [3.8, 4) is 11.5 Å². The summed E-state index contributed by atoms with van der Waals surface area (Å²) in [5, 5.41) is 3.96. The quantitative estimate of drug-likeness (QED) is 0.509. The van der Waals surface area contributed by atoms with Crippen LogP contribution in [0.15, 0.2) is 66.7 Å². The number of ether oxygens (including phenoxy) is 2. The predicted octanol–water partition coefficient (Wildman–Crippen LogP) is 4.58. The molecule has 0 bridgehead atoms. The standard InChI is InChI=1S/C29H32ClN3O3/c1-35-27-12-11-20(17-28(27)36-2)13-14-31-29(34)22-18-21-7-3-5-9-24(21)33-16-15-32(19-26(22)33)25-10-6-4-8-23(25)30/h3-12,17,22,26H,13-16,18-19H2,1-2H3,(H,31,34)/t22-,26-/m0/s1. The molecule has 1 fully saturated rings. The Morgan fingerprint density at radius 3 is 2.50 bits per heavy atom. The Kier molecular flexibility index (Phi) is 7.23. The van der Waals surface area contributed by atoms with Gasteiger partial charge in [-0.1, -0.05) is 48.0 Å². The topological polar surface area (TPSA) is 54.0 Å². The van der Waals surface area contributed by atoms with Crippen molar-refractivity contribution in [1.82, 2.24) is 5.32 Å². The maximum absolute atomic E-state index is 13.6. The minimum absolute atomic E-state index is 0.0750. The highest BCUT2D eigenvalue weighted by atomic mass is 35.5. The van der Waals surface area contributed by atoms with Crippen molar-refractivity contribution in [1.29, 1.82) is 0 Å². The zero-order valence-corrected chi connectivity index (χ0v) is 21.5. The highest BCUT2D eigenvalue weighted by Crippen LogP contribution is 2.38. The average Bonchev–Trinajstić information content (AvgIpc) is 2.92. The molecule has 1 saturated heterocycles. The summed E-state index contributed by atoms with van der Waals surface area (Å²) in [5.74, 6) is 1.35. The van der Waals surface area contributed by atoms with Gasteiger partial charge in [0.2, 0.25) is 5.91 Å². The van der Waals surface area contributed by atoms with Crippen molar-refractivity contribution < 1.29 is 14.3 Å². The molecule has 0 aliphatic carbocycles. The highest BCUT2D eigenvalue weighted by molar-refractivity contribution is 6.33. The molecule has 0 radical (unpaired) electrons. The number of methoxy groups -OCH3 is 2. The molecule has 1 amide bonds. The molecule has 0 saturated carbocycles. The summed E-state index contributed by atoms with van der Waals surface area (Å²) in [5.41, 5.74) is 4.60. The number of fused-ring (bicyclic) bond motifs is 3. The van der Waals surface area contributed by atoms with Crippen LogP contribution in [0.1, 0.15) is 11.1 Å². The molecule has 2 aliphatic heterocycles. The molecule has 2 heterocycles. The van der Waals surface area contributed by atoms with Gasteiger partial charge in [0, 0.05) is 31.9 Å². The first-order chi connectivity index (χ1) is 17.6. The fraction of sp³-hybridized carbons (Fsp3) is 0.345. The second-order valence-corrected chi connectivity index (χ2v) is 9.74. The minimum atomic E-state index is -0.143. The molecule has 0 spiro atoms. The summed E-state index contributed by atoms with van der Waals surface area (Å²) in [6.07, 6.45) is 1.45. The molecule has 3 aromatic carbocycles. The Hall–Kier alpha value is -3.38. The number of carbonyl (C=O) groups is 1. The summed E-state index contributed by atoms with van der Waals surface area (Å²) < 4.78 is 10.7. The van der Waals surface area contributed by atoms with E-state index in [-0.39, 0.29) is 17.9 Å². The predicted molar refractivity (Wildman–Crippen MR) is 145 cm³/mol. The summed E-state index contributed by atoms with van der Waals surface area (Å²) in [6.45, 7) is 3.03. The van der Waals surface area contributed by atoms with Gasteiger partial charge in [0.25, 0.3) is 0 Å². The van der Waals surface area contributed by atoms with Gasteiger partial charge in [0.05, 0.1) is 36.9 Å². The lowest BCUT2D eigenvalue weighted by atomic mass is 9.83. The van der Waals surface area contributed by atoms with Gasteiger partial charge in [-0.3, -0.25) is 4.79 Å². The van der Waals surface area contributed by atoms with Crippen LogP contribution in [0.4, 0.5) is 11.4 Å². The third-order valence-corrected chi connectivity index (χ3v) is 7.63. The Morgan fingerprint density at radius 1 is 0.972 bits per heavy atom. The van der Waals surface area contributed by atoms with E-state index in [1.54, 1.807) is 14.2 Å². The van der Waals surface area contributed by atoms with Crippen molar-refractivity contribution in [2.24, 2.45) is 5.92 Å². The van der Waals surface area contributed by atoms with E-state index in [1.807, 2.05) is 36.4 Å². The van der Waals surface area contributed by atoms with E-state index < -0.39 is 0 Å². The van der Waals surface area contributed by atoms with Crippen LogP contribution < -0.4 is 24.6 Å². The molecule has 0 aromatic heterocycles. The maximum atomic E-state index is 13.6. The molecule has 5 rings (SSSR count). The van der Waals surface area contributed by atoms with Crippen LogP contribution in [0.2, 0.25) is 5.02 Å². The smallest absolute Gasteiger partial charge is 0.225 e. The number of para-hydroxylation sites is 2. The van der Waals surface area contributed by atoms with E-state index in [9.17, 15) is 4.79 Å². The third kappa shape index (κ3) is 4.82. The Bertz CT molecular complexity index is 1230. The minimum Gasteiger partial charge on any atom is -0.493 e. The van der Waals surface area contributed by atoms with Crippen LogP contribution in [0.3, 0.4) is 0 Å². The number of anilines is 2. The number of rotatable bonds is 7. The summed E-state index contributed by atoms with van der Waals surface area (Å²) in [7, 11) is 3.26. The highest BCUT2D eigenvalue weighted by Gasteiger charge is 2.41. The fourth-order valence-corrected chi connectivity index (χ4v) is 5.74. The normalized spacial score (nSPS) is 18.8. The number of amides is 1. The Morgan fingerprint density at radius 2 is 1.72 bits per heavy atom. The third-order valence-electron chi connectivity index (χ3n) is 7.31. The zero-order valence-electron chi connectivity index (χ0n) is 20.7. The number of carbonyl (C=O) groups excluding carboxylic acids is 1. The summed E-state index contributed by atoms with van der Waals surface area (Å²) in [6, 6.07) is 22.4. The number of hydrogen-bond donors (Lipinski definition) is 1. The van der Waals surface area contributed by atoms with Crippen LogP contribution in [-0.4, -0.2) is 52.3 Å². The monoisotopic (exact) mass is 505 g/mol. The van der Waals surface area contributed by atoms with Gasteiger partial charge in [-0.2, -0.15) is 0 Å². The molecular formula is C29H32ClN3O3. The SMILES string of the molecule is COc1ccc(CCNC(=O)[C@H]2Cc3ccccc3N3CCN(c4ccccc4Cl)C[C@@H]23)cc1OC. The van der Waals surface area contributed by atoms with Gasteiger partial charge in [0.15, 0.2) is 11.5 Å². The van der Waals surface area contributed by atoms with E-state index in [0.717, 1.165) is 48.7 Å². The average molecular weight is 506 g/mol. The van der Waals surface area contributed by atoms with E-state index in [4.69, 9.17) is 21.1 Å². The number of halogens is 1. The molecule has 36 heavy (non-hydrogen) atoms. The van der Waals surface area contributed by atoms with Crippen LogP contribution in [0.25, 0.3) is 0 Å². The molecule has 2 atom stereocenters. The molecule has 6 nitrogen and oxygen atoms in total. The second kappa shape index (κ2) is 10.7. The lowest BCUT2D eigenvalue weighted by Crippen LogP contribution is -2.61. The van der Waals surface area contributed by atoms with Crippen molar-refractivity contribution in [2.75, 3.05) is 50.2 Å². The van der Waals surface area contributed by atoms with Crippen LogP contribution >= 0.6 is 11.6 Å². The van der Waals surface area contributed by atoms with Gasteiger partial charge in [-0.05, 0) is 54.3 Å². The fourth-order valence-electron chi connectivity index (χ4n) is 5.48. The first-order valence-electron chi connectivity index (χ1n) is 12.4. The van der Waals surface area contributed by atoms with Crippen LogP contribution in [-0.2, 0) is 17.6 Å². The molecule has 7 heteroatoms. The van der Waals surface area contributed by atoms with E-state index in [1.165, 1.54) is 11.3 Å². The van der Waals surface area contributed by atoms with Gasteiger partial charge in [-0.15, -0.1) is 0 Å². The van der Waals surface area contributed by atoms with Crippen molar-refractivity contribution >= 4 is 28.9 Å². The molecular weight excluding hydrogens is 474 g/mol. The molecule has 1 N–H and O–H groups in total. The lowest BCUT2D eigenvalue weighted by molar-refractivity contribution is -0.125. The second-order valence-electron chi connectivity index (χ2n) is 9.33. The summed E-state index contributed by atoms with van der Waals surface area (Å²) in [4.78, 5) is 18.3. The molecule has 0 unspecified atom stereocenters. The molecule has 188 valence electrons. The lowest BCUT2D eigenvalue weighted by Gasteiger charge is -2.49. The van der Waals surface area contributed by atoms with Gasteiger partial charge < -0.3 is 24.6 Å². The molecule has 2 aliphatic rings. The van der Waals surface area contributed by atoms with E-state index in [2.05, 4.69) is 45.4 Å². The van der Waals surface area contributed by atoms with Gasteiger partial charge in [0.1, 0.15) is 0 Å². The maximum Gasteiger partial charge on any atom is 0.225 e. The zero-order chi connectivity index (χ0) is 25.1. The van der Waals surface area contributed by atoms with Crippen molar-refractivity contribution in [3.63, 3.8) is 0 Å². The Labute approximate surface area is 217 Å². The van der Waals surface area contributed by atoms with E-state index in [0.29, 0.717) is 18.0 Å². The van der Waals surface area contributed by atoms with Crippen LogP contribution in [0.5, 0.6) is 11.5 Å². The van der Waals surface area contributed by atoms with Crippen LogP contribution in [0, 0.1) is 5.92 Å². The number of hydrogen-bond acceptors (Lipinski definition) is 5. The van der Waals surface area contributed by atoms with Gasteiger partial charge >= 0.3 is 0 Å². The van der Waals surface area contributed by atoms with Crippen molar-refractivity contribution in [2.45, 2.75) is 18.9 Å². The van der Waals surface area contributed by atoms with Gasteiger partial charge in [-0.25, -0.2) is 0 Å². The Balaban J connectivity index is 1.32.